The van der Waals surface area contributed by atoms with Gasteiger partial charge in [-0.2, -0.15) is 0 Å². The van der Waals surface area contributed by atoms with Crippen LogP contribution in [0.15, 0.2) is 12.7 Å². The number of aromatic nitrogens is 1. The van der Waals surface area contributed by atoms with Crippen molar-refractivity contribution >= 4 is 39.9 Å². The molecule has 0 saturated carbocycles. The predicted molar refractivity (Wildman–Crippen MR) is 66.9 cm³/mol. The van der Waals surface area contributed by atoms with Gasteiger partial charge in [0.25, 0.3) is 0 Å². The molecule has 0 aromatic carbocycles. The molecule has 1 rings (SSSR count). The van der Waals surface area contributed by atoms with Gasteiger partial charge in [-0.05, 0) is 0 Å². The van der Waals surface area contributed by atoms with Crippen molar-refractivity contribution < 1.29 is 14.7 Å². The number of aromatic carboxylic acids is 1. The Balaban J connectivity index is 3.16. The maximum atomic E-state index is 11.4. The Bertz CT molecular complexity index is 458. The van der Waals surface area contributed by atoms with E-state index >= 15 is 0 Å². The van der Waals surface area contributed by atoms with E-state index in [0.717, 1.165) is 11.3 Å². The van der Waals surface area contributed by atoms with Crippen LogP contribution in [-0.4, -0.2) is 28.5 Å². The Kier molecular flexibility index (Phi) is 4.65. The van der Waals surface area contributed by atoms with Crippen molar-refractivity contribution in [2.75, 3.05) is 11.4 Å². The molecule has 1 N–H and O–H groups in total. The van der Waals surface area contributed by atoms with Crippen LogP contribution >= 0.6 is 22.9 Å². The van der Waals surface area contributed by atoms with Crippen molar-refractivity contribution in [3.05, 3.63) is 23.2 Å². The minimum Gasteiger partial charge on any atom is -0.477 e. The van der Waals surface area contributed by atoms with Gasteiger partial charge in [-0.3, -0.25) is 9.69 Å². The molecule has 0 aliphatic heterocycles. The Hall–Kier alpha value is -1.40. The third-order valence-electron chi connectivity index (χ3n) is 1.93. The van der Waals surface area contributed by atoms with Gasteiger partial charge in [-0.25, -0.2) is 9.78 Å². The SMILES string of the molecule is C=CCN(C(C)=O)c1nc(CCl)c(C(=O)O)s1. The fourth-order valence-corrected chi connectivity index (χ4v) is 2.43. The van der Waals surface area contributed by atoms with E-state index in [4.69, 9.17) is 16.7 Å². The highest BCUT2D eigenvalue weighted by Gasteiger charge is 2.21. The van der Waals surface area contributed by atoms with Gasteiger partial charge in [0.05, 0.1) is 11.6 Å². The fourth-order valence-electron chi connectivity index (χ4n) is 1.18. The van der Waals surface area contributed by atoms with Gasteiger partial charge in [0.2, 0.25) is 5.91 Å². The summed E-state index contributed by atoms with van der Waals surface area (Å²) in [6.45, 7) is 5.20. The second kappa shape index (κ2) is 5.79. The summed E-state index contributed by atoms with van der Waals surface area (Å²) in [5.74, 6) is -1.32. The lowest BCUT2D eigenvalue weighted by molar-refractivity contribution is -0.116. The molecular weight excluding hydrogens is 264 g/mol. The van der Waals surface area contributed by atoms with Gasteiger partial charge in [0.1, 0.15) is 4.88 Å². The number of thiazole rings is 1. The molecule has 0 atom stereocenters. The quantitative estimate of drug-likeness (QED) is 0.659. The molecule has 1 aromatic heterocycles. The fraction of sp³-hybridized carbons (Fsp3) is 0.300. The van der Waals surface area contributed by atoms with Gasteiger partial charge < -0.3 is 5.11 Å². The lowest BCUT2D eigenvalue weighted by atomic mass is 10.4. The van der Waals surface area contributed by atoms with Gasteiger partial charge in [-0.1, -0.05) is 17.4 Å². The maximum Gasteiger partial charge on any atom is 0.347 e. The summed E-state index contributed by atoms with van der Waals surface area (Å²) >= 11 is 6.54. The van der Waals surface area contributed by atoms with Crippen molar-refractivity contribution in [2.45, 2.75) is 12.8 Å². The molecule has 0 radical (unpaired) electrons. The smallest absolute Gasteiger partial charge is 0.347 e. The highest BCUT2D eigenvalue weighted by Crippen LogP contribution is 2.27. The number of hydrogen-bond donors (Lipinski definition) is 1. The monoisotopic (exact) mass is 274 g/mol. The number of halogens is 1. The molecule has 0 bridgehead atoms. The summed E-state index contributed by atoms with van der Waals surface area (Å²) in [5.41, 5.74) is 0.273. The molecule has 1 heterocycles. The molecule has 0 aliphatic carbocycles. The van der Waals surface area contributed by atoms with Gasteiger partial charge >= 0.3 is 5.97 Å². The predicted octanol–water partition coefficient (Wildman–Crippen LogP) is 2.12. The summed E-state index contributed by atoms with van der Waals surface area (Å²) < 4.78 is 0. The van der Waals surface area contributed by atoms with Crippen molar-refractivity contribution in [3.63, 3.8) is 0 Å². The Morgan fingerprint density at radius 1 is 1.65 bits per heavy atom. The highest BCUT2D eigenvalue weighted by molar-refractivity contribution is 7.17. The molecule has 92 valence electrons. The van der Waals surface area contributed by atoms with E-state index in [0.29, 0.717) is 5.13 Å². The van der Waals surface area contributed by atoms with E-state index in [2.05, 4.69) is 11.6 Å². The maximum absolute atomic E-state index is 11.4. The van der Waals surface area contributed by atoms with Crippen LogP contribution in [0.3, 0.4) is 0 Å². The third-order valence-corrected chi connectivity index (χ3v) is 3.29. The number of rotatable bonds is 5. The average Bonchev–Trinajstić information content (AvgIpc) is 2.69. The molecule has 5 nitrogen and oxygen atoms in total. The van der Waals surface area contributed by atoms with Crippen molar-refractivity contribution in [2.24, 2.45) is 0 Å². The normalized spacial score (nSPS) is 10.0. The number of amides is 1. The minimum absolute atomic E-state index is 0.00202. The van der Waals surface area contributed by atoms with Crippen LogP contribution < -0.4 is 4.90 Å². The summed E-state index contributed by atoms with van der Waals surface area (Å²) in [6, 6.07) is 0. The largest absolute Gasteiger partial charge is 0.477 e. The summed E-state index contributed by atoms with van der Waals surface area (Å²) in [4.78, 5) is 27.8. The Morgan fingerprint density at radius 3 is 2.65 bits per heavy atom. The standard InChI is InChI=1S/C10H11ClN2O3S/c1-3-4-13(6(2)14)10-12-7(5-11)8(17-10)9(15)16/h3H,1,4-5H2,2H3,(H,15,16). The summed E-state index contributed by atoms with van der Waals surface area (Å²) in [7, 11) is 0. The van der Waals surface area contributed by atoms with E-state index in [-0.39, 0.29) is 28.9 Å². The topological polar surface area (TPSA) is 70.5 Å². The molecule has 0 spiro atoms. The molecule has 1 aromatic rings. The first-order valence-electron chi connectivity index (χ1n) is 4.69. The number of nitrogens with zero attached hydrogens (tertiary/aromatic N) is 2. The van der Waals surface area contributed by atoms with Crippen LogP contribution in [0.4, 0.5) is 5.13 Å². The molecular formula is C10H11ClN2O3S. The Labute approximate surface area is 107 Å². The van der Waals surface area contributed by atoms with E-state index in [1.54, 1.807) is 6.08 Å². The lowest BCUT2D eigenvalue weighted by Crippen LogP contribution is -2.28. The van der Waals surface area contributed by atoms with Crippen LogP contribution in [0, 0.1) is 0 Å². The van der Waals surface area contributed by atoms with Gasteiger partial charge in [0.15, 0.2) is 5.13 Å². The summed E-state index contributed by atoms with van der Waals surface area (Å²) in [5, 5.41) is 9.27. The van der Waals surface area contributed by atoms with Gasteiger partial charge in [-0.15, -0.1) is 18.2 Å². The van der Waals surface area contributed by atoms with Crippen LogP contribution in [-0.2, 0) is 10.7 Å². The molecule has 0 saturated heterocycles. The Morgan fingerprint density at radius 2 is 2.29 bits per heavy atom. The number of carboxylic acids is 1. The van der Waals surface area contributed by atoms with E-state index < -0.39 is 5.97 Å². The molecule has 0 unspecified atom stereocenters. The minimum atomic E-state index is -1.09. The second-order valence-electron chi connectivity index (χ2n) is 3.13. The van der Waals surface area contributed by atoms with E-state index in [9.17, 15) is 9.59 Å². The van der Waals surface area contributed by atoms with Crippen molar-refractivity contribution in [1.82, 2.24) is 4.98 Å². The molecule has 1 amide bonds. The van der Waals surface area contributed by atoms with Crippen molar-refractivity contribution in [3.8, 4) is 0 Å². The molecule has 17 heavy (non-hydrogen) atoms. The number of anilines is 1. The van der Waals surface area contributed by atoms with Gasteiger partial charge in [0, 0.05) is 13.5 Å². The number of alkyl halides is 1. The zero-order chi connectivity index (χ0) is 13.0. The average molecular weight is 275 g/mol. The first kappa shape index (κ1) is 13.7. The first-order chi connectivity index (χ1) is 8.01. The van der Waals surface area contributed by atoms with E-state index in [1.807, 2.05) is 0 Å². The number of carbonyl (C=O) groups excluding carboxylic acids is 1. The molecule has 0 fully saturated rings. The highest BCUT2D eigenvalue weighted by atomic mass is 35.5. The zero-order valence-electron chi connectivity index (χ0n) is 9.14. The number of carboxylic acid groups (broad SMARTS) is 1. The van der Waals surface area contributed by atoms with Crippen LogP contribution in [0.5, 0.6) is 0 Å². The van der Waals surface area contributed by atoms with Crippen molar-refractivity contribution in [1.29, 1.82) is 0 Å². The van der Waals surface area contributed by atoms with Crippen LogP contribution in [0.2, 0.25) is 0 Å². The second-order valence-corrected chi connectivity index (χ2v) is 4.37. The first-order valence-corrected chi connectivity index (χ1v) is 6.04. The van der Waals surface area contributed by atoms with Crippen LogP contribution in [0.25, 0.3) is 0 Å². The third kappa shape index (κ3) is 3.04. The number of hydrogen-bond acceptors (Lipinski definition) is 4. The number of carbonyl (C=O) groups is 2. The lowest BCUT2D eigenvalue weighted by Gasteiger charge is -2.14. The zero-order valence-corrected chi connectivity index (χ0v) is 10.7. The van der Waals surface area contributed by atoms with E-state index in [1.165, 1.54) is 11.8 Å². The van der Waals surface area contributed by atoms with Crippen LogP contribution in [0.1, 0.15) is 22.3 Å². The molecule has 0 aliphatic rings. The molecule has 7 heteroatoms. The summed E-state index contributed by atoms with van der Waals surface area (Å²) in [6.07, 6.45) is 1.55.